The lowest BCUT2D eigenvalue weighted by Gasteiger charge is -2.48. The van der Waals surface area contributed by atoms with Crippen LogP contribution >= 0.6 is 0 Å². The first-order valence-corrected chi connectivity index (χ1v) is 5.04. The van der Waals surface area contributed by atoms with Crippen LogP contribution in [-0.2, 0) is 4.74 Å². The molecule has 4 bridgehead atoms. The molecular weight excluding hydrogens is 150 g/mol. The zero-order valence-corrected chi connectivity index (χ0v) is 7.49. The van der Waals surface area contributed by atoms with Gasteiger partial charge in [0, 0.05) is 12.8 Å². The molecule has 2 heteroatoms. The lowest BCUT2D eigenvalue weighted by Crippen LogP contribution is -2.49. The summed E-state index contributed by atoms with van der Waals surface area (Å²) in [6.45, 7) is 2.00. The predicted molar refractivity (Wildman–Crippen MR) is 47.2 cm³/mol. The van der Waals surface area contributed by atoms with E-state index in [1.807, 2.05) is 6.92 Å². The van der Waals surface area contributed by atoms with Crippen LogP contribution in [0.1, 0.15) is 32.6 Å². The summed E-state index contributed by atoms with van der Waals surface area (Å²) in [6.07, 6.45) is 5.95. The predicted octanol–water partition coefficient (Wildman–Crippen LogP) is 1.99. The van der Waals surface area contributed by atoms with E-state index < -0.39 is 0 Å². The van der Waals surface area contributed by atoms with Gasteiger partial charge in [-0.3, -0.25) is 4.99 Å². The van der Waals surface area contributed by atoms with Gasteiger partial charge in [-0.05, 0) is 31.6 Å². The van der Waals surface area contributed by atoms with Crippen molar-refractivity contribution in [3.8, 4) is 0 Å². The number of hydrogen-bond donors (Lipinski definition) is 0. The highest BCUT2D eigenvalue weighted by atomic mass is 16.5. The smallest absolute Gasteiger partial charge is 0.180 e. The van der Waals surface area contributed by atoms with Crippen LogP contribution in [0.4, 0.5) is 0 Å². The van der Waals surface area contributed by atoms with E-state index in [4.69, 9.17) is 4.74 Å². The van der Waals surface area contributed by atoms with Crippen LogP contribution in [0.2, 0.25) is 0 Å². The first-order valence-electron chi connectivity index (χ1n) is 5.04. The lowest BCUT2D eigenvalue weighted by molar-refractivity contribution is -0.0183. The summed E-state index contributed by atoms with van der Waals surface area (Å²) in [7, 11) is 0. The standard InChI is InChI=1S/C10H15NO/c1-6-11-9-4-7-2-3-8(9)10(5-7)12-6/h7-10H,2-5H2,1H3. The number of fused-ring (bicyclic) bond motifs is 1. The number of rotatable bonds is 0. The third kappa shape index (κ3) is 0.838. The van der Waals surface area contributed by atoms with E-state index in [0.29, 0.717) is 12.1 Å². The molecule has 12 heavy (non-hydrogen) atoms. The second-order valence-corrected chi connectivity index (χ2v) is 4.45. The maximum atomic E-state index is 5.74. The molecule has 66 valence electrons. The average Bonchev–Trinajstić information content (AvgIpc) is 2.03. The molecule has 2 nitrogen and oxygen atoms in total. The summed E-state index contributed by atoms with van der Waals surface area (Å²) in [5, 5.41) is 0. The topological polar surface area (TPSA) is 21.6 Å². The Hall–Kier alpha value is -0.530. The van der Waals surface area contributed by atoms with Crippen LogP contribution in [0.3, 0.4) is 0 Å². The van der Waals surface area contributed by atoms with Crippen molar-refractivity contribution in [2.24, 2.45) is 16.8 Å². The van der Waals surface area contributed by atoms with Crippen molar-refractivity contribution in [3.63, 3.8) is 0 Å². The van der Waals surface area contributed by atoms with Crippen molar-refractivity contribution in [1.82, 2.24) is 0 Å². The summed E-state index contributed by atoms with van der Waals surface area (Å²) in [6, 6.07) is 0.622. The molecule has 0 spiro atoms. The zero-order valence-electron chi connectivity index (χ0n) is 7.49. The minimum Gasteiger partial charge on any atom is -0.478 e. The monoisotopic (exact) mass is 165 g/mol. The quantitative estimate of drug-likeness (QED) is 0.538. The van der Waals surface area contributed by atoms with Crippen LogP contribution in [0.25, 0.3) is 0 Å². The Bertz CT molecular complexity index is 236. The number of nitrogens with zero attached hydrogens (tertiary/aromatic N) is 1. The molecule has 4 unspecified atom stereocenters. The highest BCUT2D eigenvalue weighted by Gasteiger charge is 2.45. The van der Waals surface area contributed by atoms with E-state index in [-0.39, 0.29) is 0 Å². The van der Waals surface area contributed by atoms with Crippen LogP contribution in [0, 0.1) is 11.8 Å². The molecule has 3 aliphatic carbocycles. The summed E-state index contributed by atoms with van der Waals surface area (Å²) in [4.78, 5) is 4.58. The molecule has 0 amide bonds. The minimum absolute atomic E-state index is 0.528. The molecule has 1 heterocycles. The highest BCUT2D eigenvalue weighted by Crippen LogP contribution is 2.46. The van der Waals surface area contributed by atoms with Gasteiger partial charge in [-0.2, -0.15) is 0 Å². The van der Waals surface area contributed by atoms with Crippen molar-refractivity contribution in [3.05, 3.63) is 0 Å². The Morgan fingerprint density at radius 1 is 1.33 bits per heavy atom. The molecule has 3 saturated carbocycles. The Balaban J connectivity index is 1.95. The Morgan fingerprint density at radius 2 is 2.25 bits per heavy atom. The molecule has 0 saturated heterocycles. The molecule has 1 aliphatic heterocycles. The Labute approximate surface area is 73.0 Å². The molecule has 0 aromatic heterocycles. The minimum atomic E-state index is 0.528. The van der Waals surface area contributed by atoms with Gasteiger partial charge in [0.1, 0.15) is 6.10 Å². The second kappa shape index (κ2) is 2.24. The number of aliphatic imine (C=N–C) groups is 1. The van der Waals surface area contributed by atoms with E-state index in [1.165, 1.54) is 25.7 Å². The summed E-state index contributed by atoms with van der Waals surface area (Å²) in [5.41, 5.74) is 0. The van der Waals surface area contributed by atoms with Crippen LogP contribution in [0.15, 0.2) is 4.99 Å². The lowest BCUT2D eigenvalue weighted by atomic mass is 9.66. The second-order valence-electron chi connectivity index (χ2n) is 4.45. The molecule has 3 fully saturated rings. The van der Waals surface area contributed by atoms with Crippen LogP contribution in [0.5, 0.6) is 0 Å². The van der Waals surface area contributed by atoms with E-state index in [2.05, 4.69) is 4.99 Å². The molecular formula is C10H15NO. The van der Waals surface area contributed by atoms with Gasteiger partial charge in [0.05, 0.1) is 6.04 Å². The maximum absolute atomic E-state index is 5.74. The molecule has 4 aliphatic rings. The normalized spacial score (nSPS) is 49.9. The van der Waals surface area contributed by atoms with E-state index in [1.54, 1.807) is 0 Å². The highest BCUT2D eigenvalue weighted by molar-refractivity contribution is 5.74. The van der Waals surface area contributed by atoms with Crippen molar-refractivity contribution in [1.29, 1.82) is 0 Å². The maximum Gasteiger partial charge on any atom is 0.180 e. The largest absolute Gasteiger partial charge is 0.478 e. The third-order valence-corrected chi connectivity index (χ3v) is 3.69. The van der Waals surface area contributed by atoms with Crippen molar-refractivity contribution < 1.29 is 4.74 Å². The van der Waals surface area contributed by atoms with Crippen LogP contribution < -0.4 is 0 Å². The number of hydrogen-bond acceptors (Lipinski definition) is 2. The van der Waals surface area contributed by atoms with Gasteiger partial charge in [0.2, 0.25) is 0 Å². The summed E-state index contributed by atoms with van der Waals surface area (Å²) in [5.74, 6) is 2.61. The first kappa shape index (κ1) is 6.93. The molecule has 0 aromatic carbocycles. The SMILES string of the molecule is CC1=NC2CC3CCC2C(C3)O1. The van der Waals surface area contributed by atoms with Gasteiger partial charge < -0.3 is 4.74 Å². The first-order chi connectivity index (χ1) is 5.83. The molecule has 4 rings (SSSR count). The van der Waals surface area contributed by atoms with Crippen molar-refractivity contribution in [2.75, 3.05) is 0 Å². The van der Waals surface area contributed by atoms with Gasteiger partial charge >= 0.3 is 0 Å². The van der Waals surface area contributed by atoms with E-state index in [0.717, 1.165) is 17.7 Å². The number of ether oxygens (including phenoxy) is 1. The van der Waals surface area contributed by atoms with Crippen molar-refractivity contribution in [2.45, 2.75) is 44.8 Å². The zero-order chi connectivity index (χ0) is 8.13. The summed E-state index contributed by atoms with van der Waals surface area (Å²) < 4.78 is 5.74. The Morgan fingerprint density at radius 3 is 3.00 bits per heavy atom. The fourth-order valence-corrected chi connectivity index (χ4v) is 3.17. The van der Waals surface area contributed by atoms with Gasteiger partial charge in [0.15, 0.2) is 5.90 Å². The molecule has 0 radical (unpaired) electrons. The third-order valence-electron chi connectivity index (χ3n) is 3.69. The van der Waals surface area contributed by atoms with E-state index in [9.17, 15) is 0 Å². The van der Waals surface area contributed by atoms with E-state index >= 15 is 0 Å². The fourth-order valence-electron chi connectivity index (χ4n) is 3.17. The van der Waals surface area contributed by atoms with Gasteiger partial charge in [-0.1, -0.05) is 0 Å². The van der Waals surface area contributed by atoms with Gasteiger partial charge in [0.25, 0.3) is 0 Å². The summed E-state index contributed by atoms with van der Waals surface area (Å²) >= 11 is 0. The van der Waals surface area contributed by atoms with Crippen LogP contribution in [-0.4, -0.2) is 18.0 Å². The fraction of sp³-hybridized carbons (Fsp3) is 0.900. The van der Waals surface area contributed by atoms with Gasteiger partial charge in [-0.25, -0.2) is 0 Å². The molecule has 0 N–H and O–H groups in total. The molecule has 0 aromatic rings. The van der Waals surface area contributed by atoms with Crippen molar-refractivity contribution >= 4 is 5.90 Å². The van der Waals surface area contributed by atoms with Gasteiger partial charge in [-0.15, -0.1) is 0 Å². The Kier molecular flexibility index (Phi) is 1.29. The average molecular weight is 165 g/mol. The molecule has 4 atom stereocenters.